The van der Waals surface area contributed by atoms with Gasteiger partial charge in [-0.2, -0.15) is 0 Å². The second-order valence-electron chi connectivity index (χ2n) is 7.36. The van der Waals surface area contributed by atoms with Gasteiger partial charge < -0.3 is 25.1 Å². The van der Waals surface area contributed by atoms with Crippen molar-refractivity contribution in [1.82, 2.24) is 20.4 Å². The van der Waals surface area contributed by atoms with Gasteiger partial charge in [0.15, 0.2) is 5.76 Å². The fourth-order valence-corrected chi connectivity index (χ4v) is 3.43. The number of nitrogens with zero attached hydrogens (tertiary/aromatic N) is 2. The molecule has 2 fully saturated rings. The number of hydrogen-bond donors (Lipinski definition) is 3. The van der Waals surface area contributed by atoms with Crippen LogP contribution in [-0.4, -0.2) is 79.3 Å². The summed E-state index contributed by atoms with van der Waals surface area (Å²) < 4.78 is 5.71. The van der Waals surface area contributed by atoms with Crippen molar-refractivity contribution in [2.75, 3.05) is 52.9 Å². The van der Waals surface area contributed by atoms with Gasteiger partial charge in [-0.1, -0.05) is 0 Å². The minimum absolute atomic E-state index is 0.254. The van der Waals surface area contributed by atoms with E-state index in [9.17, 15) is 9.90 Å². The Morgan fingerprint density at radius 3 is 2.88 bits per heavy atom. The maximum absolute atomic E-state index is 12.3. The molecule has 3 N–H and O–H groups in total. The molecule has 140 valence electrons. The molecule has 1 aromatic rings. The normalized spacial score (nSPS) is 26.3. The van der Waals surface area contributed by atoms with E-state index in [0.29, 0.717) is 18.6 Å². The minimum atomic E-state index is -0.825. The number of likely N-dealkylation sites (N-methyl/N-ethyl adjacent to an activating group) is 1. The van der Waals surface area contributed by atoms with Gasteiger partial charge in [0.1, 0.15) is 5.76 Å². The van der Waals surface area contributed by atoms with Crippen LogP contribution in [0.25, 0.3) is 0 Å². The summed E-state index contributed by atoms with van der Waals surface area (Å²) in [5, 5.41) is 16.7. The summed E-state index contributed by atoms with van der Waals surface area (Å²) in [6.45, 7) is 6.84. The molecule has 2 aliphatic heterocycles. The Morgan fingerprint density at radius 2 is 2.08 bits per heavy atom. The summed E-state index contributed by atoms with van der Waals surface area (Å²) >= 11 is 0. The first-order chi connectivity index (χ1) is 12.0. The molecule has 3 heterocycles. The van der Waals surface area contributed by atoms with Crippen molar-refractivity contribution in [1.29, 1.82) is 0 Å². The third-order valence-corrected chi connectivity index (χ3v) is 5.20. The quantitative estimate of drug-likeness (QED) is 0.707. The summed E-state index contributed by atoms with van der Waals surface area (Å²) in [4.78, 5) is 17.0. The van der Waals surface area contributed by atoms with Crippen molar-refractivity contribution in [3.8, 4) is 0 Å². The number of piperazine rings is 1. The van der Waals surface area contributed by atoms with Crippen LogP contribution < -0.4 is 10.6 Å². The lowest BCUT2D eigenvalue weighted by Crippen LogP contribution is -2.43. The minimum Gasteiger partial charge on any atom is -0.455 e. The summed E-state index contributed by atoms with van der Waals surface area (Å²) in [5.74, 6) is 0.877. The Balaban J connectivity index is 1.48. The van der Waals surface area contributed by atoms with Gasteiger partial charge in [-0.25, -0.2) is 0 Å². The summed E-state index contributed by atoms with van der Waals surface area (Å²) in [6, 6.07) is 3.59. The van der Waals surface area contributed by atoms with Crippen LogP contribution in [-0.2, 0) is 6.54 Å². The first-order valence-electron chi connectivity index (χ1n) is 9.25. The predicted octanol–water partition coefficient (Wildman–Crippen LogP) is 0.261. The second-order valence-corrected chi connectivity index (χ2v) is 7.36. The van der Waals surface area contributed by atoms with E-state index in [1.54, 1.807) is 6.07 Å². The summed E-state index contributed by atoms with van der Waals surface area (Å²) in [6.07, 6.45) is 2.27. The average Bonchev–Trinajstić information content (AvgIpc) is 2.96. The molecule has 25 heavy (non-hydrogen) atoms. The van der Waals surface area contributed by atoms with Gasteiger partial charge in [0.25, 0.3) is 5.91 Å². The molecule has 0 radical (unpaired) electrons. The van der Waals surface area contributed by atoms with Crippen LogP contribution >= 0.6 is 0 Å². The molecule has 1 atom stereocenters. The van der Waals surface area contributed by atoms with Crippen molar-refractivity contribution in [2.45, 2.75) is 31.4 Å². The zero-order valence-electron chi connectivity index (χ0n) is 15.1. The Labute approximate surface area is 149 Å². The van der Waals surface area contributed by atoms with Crippen molar-refractivity contribution >= 4 is 5.91 Å². The molecule has 2 saturated heterocycles. The smallest absolute Gasteiger partial charge is 0.287 e. The maximum atomic E-state index is 12.3. The molecule has 1 aromatic heterocycles. The molecule has 0 aliphatic carbocycles. The molecule has 0 bridgehead atoms. The fourth-order valence-electron chi connectivity index (χ4n) is 3.43. The van der Waals surface area contributed by atoms with Gasteiger partial charge >= 0.3 is 0 Å². The number of nitrogens with one attached hydrogen (secondary N) is 2. The molecule has 1 amide bonds. The number of aliphatic hydroxyl groups is 1. The standard InChI is InChI=1S/C18H30N4O3/c1-21-9-11-22(12-10-21)13-15-3-4-16(25-15)17(23)20-14-18(24)5-2-7-19-8-6-18/h3-4,19,24H,2,5-14H2,1H3,(H,20,23)/t18-/m1/s1. The SMILES string of the molecule is CN1CCN(Cc2ccc(C(=O)NC[C@@]3(O)CCCNCC3)o2)CC1. The lowest BCUT2D eigenvalue weighted by atomic mass is 9.95. The lowest BCUT2D eigenvalue weighted by molar-refractivity contribution is 0.0271. The van der Waals surface area contributed by atoms with Crippen LogP contribution in [0.15, 0.2) is 16.5 Å². The lowest BCUT2D eigenvalue weighted by Gasteiger charge is -2.31. The van der Waals surface area contributed by atoms with Crippen LogP contribution in [0, 0.1) is 0 Å². The van der Waals surface area contributed by atoms with Gasteiger partial charge in [-0.05, 0) is 51.5 Å². The van der Waals surface area contributed by atoms with E-state index in [1.807, 2.05) is 6.07 Å². The number of amides is 1. The summed E-state index contributed by atoms with van der Waals surface area (Å²) in [5.41, 5.74) is -0.825. The first-order valence-corrected chi connectivity index (χ1v) is 9.25. The third kappa shape index (κ3) is 5.28. The highest BCUT2D eigenvalue weighted by molar-refractivity contribution is 5.91. The largest absolute Gasteiger partial charge is 0.455 e. The maximum Gasteiger partial charge on any atom is 0.287 e. The first kappa shape index (κ1) is 18.4. The molecule has 7 heteroatoms. The molecule has 0 spiro atoms. The molecule has 0 unspecified atom stereocenters. The number of carbonyl (C=O) groups is 1. The Hall–Kier alpha value is -1.41. The average molecular weight is 350 g/mol. The fraction of sp³-hybridized carbons (Fsp3) is 0.722. The summed E-state index contributed by atoms with van der Waals surface area (Å²) in [7, 11) is 2.13. The molecule has 7 nitrogen and oxygen atoms in total. The molecule has 0 saturated carbocycles. The Bertz CT molecular complexity index is 558. The van der Waals surface area contributed by atoms with E-state index < -0.39 is 5.60 Å². The highest BCUT2D eigenvalue weighted by Crippen LogP contribution is 2.19. The Kier molecular flexibility index (Phi) is 6.11. The molecular weight excluding hydrogens is 320 g/mol. The van der Waals surface area contributed by atoms with Crippen molar-refractivity contribution < 1.29 is 14.3 Å². The Morgan fingerprint density at radius 1 is 1.28 bits per heavy atom. The van der Waals surface area contributed by atoms with Crippen molar-refractivity contribution in [3.63, 3.8) is 0 Å². The number of carbonyl (C=O) groups excluding carboxylic acids is 1. The van der Waals surface area contributed by atoms with Crippen molar-refractivity contribution in [2.24, 2.45) is 0 Å². The van der Waals surface area contributed by atoms with Crippen LogP contribution in [0.5, 0.6) is 0 Å². The van der Waals surface area contributed by atoms with Crippen LogP contribution in [0.3, 0.4) is 0 Å². The zero-order valence-corrected chi connectivity index (χ0v) is 15.1. The molecular formula is C18H30N4O3. The van der Waals surface area contributed by atoms with Gasteiger partial charge in [-0.15, -0.1) is 0 Å². The van der Waals surface area contributed by atoms with Gasteiger partial charge in [0, 0.05) is 32.7 Å². The van der Waals surface area contributed by atoms with Crippen LogP contribution in [0.2, 0.25) is 0 Å². The second kappa shape index (κ2) is 8.31. The monoisotopic (exact) mass is 350 g/mol. The van der Waals surface area contributed by atoms with Gasteiger partial charge in [-0.3, -0.25) is 9.69 Å². The highest BCUT2D eigenvalue weighted by atomic mass is 16.4. The van der Waals surface area contributed by atoms with E-state index in [4.69, 9.17) is 4.42 Å². The topological polar surface area (TPSA) is 81.0 Å². The highest BCUT2D eigenvalue weighted by Gasteiger charge is 2.29. The van der Waals surface area contributed by atoms with Crippen LogP contribution in [0.4, 0.5) is 0 Å². The third-order valence-electron chi connectivity index (χ3n) is 5.20. The number of furan rings is 1. The van der Waals surface area contributed by atoms with Gasteiger partial charge in [0.2, 0.25) is 0 Å². The van der Waals surface area contributed by atoms with E-state index in [2.05, 4.69) is 27.5 Å². The molecule has 0 aromatic carbocycles. The zero-order chi connectivity index (χ0) is 17.7. The molecule has 2 aliphatic rings. The van der Waals surface area contributed by atoms with Crippen molar-refractivity contribution in [3.05, 3.63) is 23.7 Å². The van der Waals surface area contributed by atoms with E-state index in [1.165, 1.54) is 0 Å². The number of rotatable bonds is 5. The molecule has 3 rings (SSSR count). The van der Waals surface area contributed by atoms with Gasteiger partial charge in [0.05, 0.1) is 12.1 Å². The van der Waals surface area contributed by atoms with E-state index in [0.717, 1.165) is 58.0 Å². The predicted molar refractivity (Wildman–Crippen MR) is 95.5 cm³/mol. The van der Waals surface area contributed by atoms with E-state index >= 15 is 0 Å². The van der Waals surface area contributed by atoms with E-state index in [-0.39, 0.29) is 12.5 Å². The number of hydrogen-bond acceptors (Lipinski definition) is 6. The van der Waals surface area contributed by atoms with Crippen LogP contribution in [0.1, 0.15) is 35.6 Å².